The summed E-state index contributed by atoms with van der Waals surface area (Å²) in [5.41, 5.74) is 0.621. The molecule has 1 aliphatic carbocycles. The van der Waals surface area contributed by atoms with E-state index in [9.17, 15) is 0 Å². The Kier molecular flexibility index (Phi) is 7.01. The summed E-state index contributed by atoms with van der Waals surface area (Å²) in [4.78, 5) is 0. The van der Waals surface area contributed by atoms with Gasteiger partial charge in [-0.15, -0.1) is 0 Å². The molecule has 0 radical (unpaired) electrons. The third-order valence-corrected chi connectivity index (χ3v) is 3.72. The van der Waals surface area contributed by atoms with Gasteiger partial charge in [0, 0.05) is 33.4 Å². The van der Waals surface area contributed by atoms with E-state index >= 15 is 0 Å². The van der Waals surface area contributed by atoms with E-state index in [1.165, 1.54) is 32.2 Å². The van der Waals surface area contributed by atoms with Gasteiger partial charge >= 0.3 is 0 Å². The van der Waals surface area contributed by atoms with E-state index in [0.29, 0.717) is 5.41 Å². The minimum absolute atomic E-state index is 0.621. The van der Waals surface area contributed by atoms with Crippen LogP contribution in [0, 0.1) is 5.41 Å². The second-order valence-corrected chi connectivity index (χ2v) is 4.84. The quantitative estimate of drug-likeness (QED) is 0.583. The fourth-order valence-electron chi connectivity index (χ4n) is 2.24. The first kappa shape index (κ1) is 13.9. The maximum Gasteiger partial charge on any atom is 0.0590 e. The Bertz CT molecular complexity index is 164. The molecule has 1 aliphatic rings. The highest BCUT2D eigenvalue weighted by atomic mass is 16.5. The maximum absolute atomic E-state index is 5.49. The SMILES string of the molecule is CCC1(CNCCOCCCOC)CCC1. The van der Waals surface area contributed by atoms with Gasteiger partial charge in [-0.1, -0.05) is 13.3 Å². The molecule has 0 bridgehead atoms. The van der Waals surface area contributed by atoms with E-state index < -0.39 is 0 Å². The Hall–Kier alpha value is -0.120. The van der Waals surface area contributed by atoms with Gasteiger partial charge in [0.2, 0.25) is 0 Å². The monoisotopic (exact) mass is 229 g/mol. The van der Waals surface area contributed by atoms with Crippen LogP contribution in [0.5, 0.6) is 0 Å². The highest BCUT2D eigenvalue weighted by Gasteiger charge is 2.34. The van der Waals surface area contributed by atoms with Gasteiger partial charge in [0.05, 0.1) is 6.61 Å². The van der Waals surface area contributed by atoms with Gasteiger partial charge in [-0.25, -0.2) is 0 Å². The Morgan fingerprint density at radius 3 is 2.56 bits per heavy atom. The highest BCUT2D eigenvalue weighted by Crippen LogP contribution is 2.42. The molecule has 96 valence electrons. The van der Waals surface area contributed by atoms with Crippen molar-refractivity contribution in [3.63, 3.8) is 0 Å². The van der Waals surface area contributed by atoms with Crippen molar-refractivity contribution in [3.8, 4) is 0 Å². The summed E-state index contributed by atoms with van der Waals surface area (Å²) < 4.78 is 10.4. The molecule has 0 atom stereocenters. The highest BCUT2D eigenvalue weighted by molar-refractivity contribution is 4.88. The summed E-state index contributed by atoms with van der Waals surface area (Å²) in [7, 11) is 1.73. The standard InChI is InChI=1S/C13H27NO2/c1-3-13(6-4-7-13)12-14-8-11-16-10-5-9-15-2/h14H,3-12H2,1-2H3. The van der Waals surface area contributed by atoms with Crippen molar-refractivity contribution in [2.45, 2.75) is 39.0 Å². The number of rotatable bonds is 10. The molecule has 0 unspecified atom stereocenters. The zero-order valence-corrected chi connectivity index (χ0v) is 10.9. The summed E-state index contributed by atoms with van der Waals surface area (Å²) in [6.45, 7) is 6.89. The predicted molar refractivity (Wildman–Crippen MR) is 66.8 cm³/mol. The van der Waals surface area contributed by atoms with Crippen molar-refractivity contribution in [1.82, 2.24) is 5.32 Å². The lowest BCUT2D eigenvalue weighted by atomic mass is 9.67. The lowest BCUT2D eigenvalue weighted by molar-refractivity contribution is 0.0930. The molecule has 16 heavy (non-hydrogen) atoms. The molecule has 1 N–H and O–H groups in total. The minimum Gasteiger partial charge on any atom is -0.385 e. The summed E-state index contributed by atoms with van der Waals surface area (Å²) in [5.74, 6) is 0. The molecule has 0 amide bonds. The average Bonchev–Trinajstić information content (AvgIpc) is 2.25. The average molecular weight is 229 g/mol. The van der Waals surface area contributed by atoms with E-state index in [4.69, 9.17) is 9.47 Å². The first-order valence-electron chi connectivity index (χ1n) is 6.60. The molecular formula is C13H27NO2. The molecule has 0 aliphatic heterocycles. The van der Waals surface area contributed by atoms with E-state index in [-0.39, 0.29) is 0 Å². The number of hydrogen-bond donors (Lipinski definition) is 1. The lowest BCUT2D eigenvalue weighted by Crippen LogP contribution is -2.40. The smallest absolute Gasteiger partial charge is 0.0590 e. The molecule has 3 heteroatoms. The molecule has 1 fully saturated rings. The number of ether oxygens (including phenoxy) is 2. The minimum atomic E-state index is 0.621. The third kappa shape index (κ3) is 4.81. The molecule has 1 saturated carbocycles. The van der Waals surface area contributed by atoms with Crippen molar-refractivity contribution < 1.29 is 9.47 Å². The summed E-state index contributed by atoms with van der Waals surface area (Å²) >= 11 is 0. The summed E-state index contributed by atoms with van der Waals surface area (Å²) in [6, 6.07) is 0. The molecule has 3 nitrogen and oxygen atoms in total. The number of hydrogen-bond acceptors (Lipinski definition) is 3. The van der Waals surface area contributed by atoms with Crippen molar-refractivity contribution in [2.24, 2.45) is 5.41 Å². The van der Waals surface area contributed by atoms with Crippen molar-refractivity contribution >= 4 is 0 Å². The molecule has 0 spiro atoms. The third-order valence-electron chi connectivity index (χ3n) is 3.72. The van der Waals surface area contributed by atoms with E-state index in [1.54, 1.807) is 7.11 Å². The number of methoxy groups -OCH3 is 1. The molecule has 0 saturated heterocycles. The zero-order chi connectivity index (χ0) is 11.7. The zero-order valence-electron chi connectivity index (χ0n) is 10.9. The van der Waals surface area contributed by atoms with Crippen molar-refractivity contribution in [3.05, 3.63) is 0 Å². The number of nitrogens with one attached hydrogen (secondary N) is 1. The van der Waals surface area contributed by atoms with Gasteiger partial charge in [-0.05, 0) is 31.1 Å². The van der Waals surface area contributed by atoms with Gasteiger partial charge < -0.3 is 14.8 Å². The van der Waals surface area contributed by atoms with Crippen LogP contribution in [0.25, 0.3) is 0 Å². The maximum atomic E-state index is 5.49. The van der Waals surface area contributed by atoms with Gasteiger partial charge in [0.15, 0.2) is 0 Å². The van der Waals surface area contributed by atoms with Gasteiger partial charge in [0.25, 0.3) is 0 Å². The molecule has 1 rings (SSSR count). The molecule has 0 aromatic rings. The largest absolute Gasteiger partial charge is 0.385 e. The van der Waals surface area contributed by atoms with Gasteiger partial charge in [-0.2, -0.15) is 0 Å². The molecule has 0 aromatic carbocycles. The first-order chi connectivity index (χ1) is 7.83. The van der Waals surface area contributed by atoms with Crippen LogP contribution in [0.15, 0.2) is 0 Å². The van der Waals surface area contributed by atoms with Gasteiger partial charge in [0.1, 0.15) is 0 Å². The fourth-order valence-corrected chi connectivity index (χ4v) is 2.24. The van der Waals surface area contributed by atoms with Crippen molar-refractivity contribution in [2.75, 3.05) is 40.0 Å². The van der Waals surface area contributed by atoms with Gasteiger partial charge in [-0.3, -0.25) is 0 Å². The van der Waals surface area contributed by atoms with Crippen LogP contribution in [0.3, 0.4) is 0 Å². The molecule has 0 aromatic heterocycles. The Morgan fingerprint density at radius 1 is 1.19 bits per heavy atom. The second kappa shape index (κ2) is 8.04. The Labute approximate surface area is 99.9 Å². The van der Waals surface area contributed by atoms with E-state index in [0.717, 1.165) is 32.8 Å². The Morgan fingerprint density at radius 2 is 2.00 bits per heavy atom. The first-order valence-corrected chi connectivity index (χ1v) is 6.60. The lowest BCUT2D eigenvalue weighted by Gasteiger charge is -2.41. The predicted octanol–water partition coefficient (Wildman–Crippen LogP) is 2.21. The summed E-state index contributed by atoms with van der Waals surface area (Å²) in [6.07, 6.45) is 6.55. The van der Waals surface area contributed by atoms with Crippen LogP contribution in [0.4, 0.5) is 0 Å². The second-order valence-electron chi connectivity index (χ2n) is 4.84. The van der Waals surface area contributed by atoms with E-state index in [2.05, 4.69) is 12.2 Å². The van der Waals surface area contributed by atoms with Crippen LogP contribution < -0.4 is 5.32 Å². The molecule has 0 heterocycles. The van der Waals surface area contributed by atoms with Crippen molar-refractivity contribution in [1.29, 1.82) is 0 Å². The van der Waals surface area contributed by atoms with Crippen LogP contribution in [-0.4, -0.2) is 40.0 Å². The molecular weight excluding hydrogens is 202 g/mol. The van der Waals surface area contributed by atoms with Crippen LogP contribution >= 0.6 is 0 Å². The van der Waals surface area contributed by atoms with Crippen LogP contribution in [0.1, 0.15) is 39.0 Å². The van der Waals surface area contributed by atoms with E-state index in [1.807, 2.05) is 0 Å². The topological polar surface area (TPSA) is 30.5 Å². The summed E-state index contributed by atoms with van der Waals surface area (Å²) in [5, 5.41) is 3.51. The van der Waals surface area contributed by atoms with Crippen LogP contribution in [0.2, 0.25) is 0 Å². The Balaban J connectivity index is 1.84. The normalized spacial score (nSPS) is 18.4. The van der Waals surface area contributed by atoms with Crippen LogP contribution in [-0.2, 0) is 9.47 Å². The fraction of sp³-hybridized carbons (Fsp3) is 1.00.